The predicted molar refractivity (Wildman–Crippen MR) is 124 cm³/mol. The Kier molecular flexibility index (Phi) is 6.31. The van der Waals surface area contributed by atoms with Crippen LogP contribution in [0.25, 0.3) is 21.8 Å². The quantitative estimate of drug-likeness (QED) is 0.313. The minimum Gasteiger partial charge on any atom is -0.431 e. The fourth-order valence-corrected chi connectivity index (χ4v) is 3.49. The molecule has 2 aromatic carbocycles. The molecule has 2 aromatic heterocycles. The van der Waals surface area contributed by atoms with Gasteiger partial charge in [-0.3, -0.25) is 0 Å². The molecule has 0 aliphatic rings. The molecule has 162 valence electrons. The average Bonchev–Trinajstić information content (AvgIpc) is 3.12. The van der Waals surface area contributed by atoms with E-state index in [2.05, 4.69) is 21.8 Å². The predicted octanol–water partition coefficient (Wildman–Crippen LogP) is 5.84. The molecule has 2 heterocycles. The smallest absolute Gasteiger partial charge is 0.431 e. The molecule has 0 fully saturated rings. The maximum atomic E-state index is 12.1. The number of hydrogen-bond donors (Lipinski definition) is 1. The first-order valence-electron chi connectivity index (χ1n) is 10.0. The van der Waals surface area contributed by atoms with Crippen LogP contribution in [0.4, 0.5) is 4.79 Å². The highest BCUT2D eigenvalue weighted by Gasteiger charge is 2.19. The molecule has 0 aliphatic heterocycles. The van der Waals surface area contributed by atoms with Crippen molar-refractivity contribution in [2.45, 2.75) is 26.6 Å². The third kappa shape index (κ3) is 4.70. The van der Waals surface area contributed by atoms with Crippen molar-refractivity contribution in [1.29, 1.82) is 0 Å². The van der Waals surface area contributed by atoms with Crippen LogP contribution in [0, 0.1) is 11.8 Å². The van der Waals surface area contributed by atoms with E-state index in [0.717, 1.165) is 32.9 Å². The minimum atomic E-state index is -0.807. The van der Waals surface area contributed by atoms with E-state index in [1.165, 1.54) is 0 Å². The number of nitrogens with one attached hydrogen (secondary N) is 1. The lowest BCUT2D eigenvalue weighted by molar-refractivity contribution is 0.0705. The van der Waals surface area contributed by atoms with E-state index in [1.807, 2.05) is 42.5 Å². The number of pyridine rings is 1. The second-order valence-electron chi connectivity index (χ2n) is 7.42. The van der Waals surface area contributed by atoms with E-state index in [0.29, 0.717) is 10.6 Å². The van der Waals surface area contributed by atoms with Crippen LogP contribution in [-0.4, -0.2) is 29.3 Å². The largest absolute Gasteiger partial charge is 0.515 e. The van der Waals surface area contributed by atoms with Crippen LogP contribution in [-0.2, 0) is 16.1 Å². The van der Waals surface area contributed by atoms with Crippen molar-refractivity contribution in [1.82, 2.24) is 9.97 Å². The lowest BCUT2D eigenvalue weighted by atomic mass is 10.1. The van der Waals surface area contributed by atoms with E-state index < -0.39 is 6.16 Å². The topological polar surface area (TPSA) is 73.4 Å². The molecule has 4 aromatic rings. The Balaban J connectivity index is 1.79. The molecule has 0 aliphatic carbocycles. The van der Waals surface area contributed by atoms with Gasteiger partial charge in [-0.2, -0.15) is 0 Å². The number of benzene rings is 2. The first-order chi connectivity index (χ1) is 15.4. The first-order valence-corrected chi connectivity index (χ1v) is 10.4. The van der Waals surface area contributed by atoms with Gasteiger partial charge in [0, 0.05) is 39.5 Å². The van der Waals surface area contributed by atoms with Gasteiger partial charge in [-0.1, -0.05) is 23.4 Å². The van der Waals surface area contributed by atoms with Gasteiger partial charge < -0.3 is 19.2 Å². The molecule has 0 unspecified atom stereocenters. The molecular weight excluding hydrogens is 428 g/mol. The Morgan fingerprint density at radius 2 is 1.81 bits per heavy atom. The molecule has 0 bridgehead atoms. The van der Waals surface area contributed by atoms with E-state index in [4.69, 9.17) is 25.8 Å². The molecule has 0 amide bonds. The maximum absolute atomic E-state index is 12.1. The number of carbonyl (C=O) groups excluding carboxylic acids is 1. The monoisotopic (exact) mass is 448 g/mol. The zero-order chi connectivity index (χ0) is 22.7. The second kappa shape index (κ2) is 9.31. The van der Waals surface area contributed by atoms with Crippen LogP contribution in [0.2, 0.25) is 5.02 Å². The number of halogens is 1. The van der Waals surface area contributed by atoms with Gasteiger partial charge in [0.15, 0.2) is 0 Å². The number of H-pyrrole nitrogens is 1. The van der Waals surface area contributed by atoms with Crippen molar-refractivity contribution in [2.75, 3.05) is 7.11 Å². The molecular formula is C25H21ClN2O4. The number of rotatable bonds is 4. The number of aromatic amines is 1. The van der Waals surface area contributed by atoms with Crippen molar-refractivity contribution in [2.24, 2.45) is 0 Å². The highest BCUT2D eigenvalue weighted by molar-refractivity contribution is 6.30. The van der Waals surface area contributed by atoms with Crippen LogP contribution >= 0.6 is 11.6 Å². The summed E-state index contributed by atoms with van der Waals surface area (Å²) in [6.07, 6.45) is 0.525. The van der Waals surface area contributed by atoms with Crippen LogP contribution in [0.1, 0.15) is 30.5 Å². The summed E-state index contributed by atoms with van der Waals surface area (Å²) in [5.41, 5.74) is 4.09. The molecule has 7 heteroatoms. The van der Waals surface area contributed by atoms with Gasteiger partial charge >= 0.3 is 6.16 Å². The zero-order valence-corrected chi connectivity index (χ0v) is 18.6. The van der Waals surface area contributed by atoms with Gasteiger partial charge in [0.25, 0.3) is 0 Å². The molecule has 32 heavy (non-hydrogen) atoms. The van der Waals surface area contributed by atoms with Gasteiger partial charge in [-0.15, -0.1) is 0 Å². The number of hydrogen-bond acceptors (Lipinski definition) is 5. The number of aromatic nitrogens is 2. The summed E-state index contributed by atoms with van der Waals surface area (Å²) < 4.78 is 15.8. The highest BCUT2D eigenvalue weighted by atomic mass is 35.5. The molecule has 0 radical (unpaired) electrons. The Bertz CT molecular complexity index is 1350. The fourth-order valence-electron chi connectivity index (χ4n) is 3.36. The molecule has 0 saturated carbocycles. The molecule has 0 spiro atoms. The third-order valence-corrected chi connectivity index (χ3v) is 4.95. The number of methoxy groups -OCH3 is 1. The van der Waals surface area contributed by atoms with E-state index >= 15 is 0 Å². The van der Waals surface area contributed by atoms with E-state index in [9.17, 15) is 4.79 Å². The number of ether oxygens (including phenoxy) is 3. The van der Waals surface area contributed by atoms with Gasteiger partial charge in [0.05, 0.1) is 30.0 Å². The summed E-state index contributed by atoms with van der Waals surface area (Å²) in [6.45, 7) is 3.71. The SMILES string of the molecule is COCc1c(OC(=O)OC(C)C)ncc2[nH]c3ccc(C#Cc4ccc(Cl)cc4)cc3c12. The summed E-state index contributed by atoms with van der Waals surface area (Å²) >= 11 is 5.94. The Morgan fingerprint density at radius 1 is 1.09 bits per heavy atom. The second-order valence-corrected chi connectivity index (χ2v) is 7.86. The van der Waals surface area contributed by atoms with E-state index in [1.54, 1.807) is 27.2 Å². The summed E-state index contributed by atoms with van der Waals surface area (Å²) in [4.78, 5) is 19.7. The Morgan fingerprint density at radius 3 is 2.53 bits per heavy atom. The highest BCUT2D eigenvalue weighted by Crippen LogP contribution is 2.33. The standard InChI is InChI=1S/C25H21ClN2O4/c1-15(2)31-25(29)32-24-20(14-30-3)23-19-12-17(5-4-16-6-9-18(26)10-7-16)8-11-21(19)28-22(23)13-27-24/h6-13,15,28H,14H2,1-3H3. The van der Waals surface area contributed by atoms with Crippen LogP contribution < -0.4 is 4.74 Å². The number of fused-ring (bicyclic) bond motifs is 3. The van der Waals surface area contributed by atoms with Gasteiger partial charge in [0.2, 0.25) is 5.88 Å². The van der Waals surface area contributed by atoms with Crippen LogP contribution in [0.5, 0.6) is 5.88 Å². The minimum absolute atomic E-state index is 0.156. The first kappa shape index (κ1) is 21.7. The summed E-state index contributed by atoms with van der Waals surface area (Å²) in [6, 6.07) is 13.3. The number of carbonyl (C=O) groups is 1. The molecule has 1 N–H and O–H groups in total. The zero-order valence-electron chi connectivity index (χ0n) is 17.9. The normalized spacial score (nSPS) is 10.9. The Hall–Kier alpha value is -3.53. The van der Waals surface area contributed by atoms with Crippen LogP contribution in [0.3, 0.4) is 0 Å². The van der Waals surface area contributed by atoms with Crippen molar-refractivity contribution in [3.8, 4) is 17.7 Å². The summed E-state index contributed by atoms with van der Waals surface area (Å²) in [5, 5.41) is 2.46. The average molecular weight is 449 g/mol. The molecule has 6 nitrogen and oxygen atoms in total. The van der Waals surface area contributed by atoms with Gasteiger partial charge in [-0.25, -0.2) is 9.78 Å². The van der Waals surface area contributed by atoms with Gasteiger partial charge in [-0.05, 0) is 56.3 Å². The third-order valence-electron chi connectivity index (χ3n) is 4.69. The van der Waals surface area contributed by atoms with Crippen molar-refractivity contribution >= 4 is 39.6 Å². The lowest BCUT2D eigenvalue weighted by Crippen LogP contribution is -2.17. The summed E-state index contributed by atoms with van der Waals surface area (Å²) in [5.74, 6) is 6.49. The van der Waals surface area contributed by atoms with Gasteiger partial charge in [0.1, 0.15) is 0 Å². The van der Waals surface area contributed by atoms with Crippen LogP contribution in [0.15, 0.2) is 48.7 Å². The lowest BCUT2D eigenvalue weighted by Gasteiger charge is -2.11. The summed E-state index contributed by atoms with van der Waals surface area (Å²) in [7, 11) is 1.58. The fraction of sp³-hybridized carbons (Fsp3) is 0.200. The van der Waals surface area contributed by atoms with Crippen molar-refractivity contribution in [3.05, 3.63) is 70.4 Å². The van der Waals surface area contributed by atoms with Crippen molar-refractivity contribution < 1.29 is 19.0 Å². The van der Waals surface area contributed by atoms with Crippen molar-refractivity contribution in [3.63, 3.8) is 0 Å². The maximum Gasteiger partial charge on any atom is 0.515 e. The van der Waals surface area contributed by atoms with E-state index in [-0.39, 0.29) is 18.6 Å². The Labute approximate surface area is 190 Å². The molecule has 4 rings (SSSR count). The number of nitrogens with zero attached hydrogens (tertiary/aromatic N) is 1. The molecule has 0 atom stereocenters. The molecule has 0 saturated heterocycles.